The first-order chi connectivity index (χ1) is 11.3. The van der Waals surface area contributed by atoms with E-state index in [1.165, 1.54) is 12.1 Å². The summed E-state index contributed by atoms with van der Waals surface area (Å²) in [5.74, 6) is 1.14. The van der Waals surface area contributed by atoms with Gasteiger partial charge in [-0.3, -0.25) is 0 Å². The fourth-order valence-electron chi connectivity index (χ4n) is 3.05. The monoisotopic (exact) mass is 334 g/mol. The van der Waals surface area contributed by atoms with Crippen molar-refractivity contribution < 1.29 is 18.3 Å². The second kappa shape index (κ2) is 6.51. The van der Waals surface area contributed by atoms with Gasteiger partial charge in [0.25, 0.3) is 5.89 Å². The predicted molar refractivity (Wildman–Crippen MR) is 86.3 cm³/mol. The van der Waals surface area contributed by atoms with Crippen LogP contribution in [0.4, 0.5) is 4.39 Å². The zero-order valence-corrected chi connectivity index (χ0v) is 14.5. The van der Waals surface area contributed by atoms with E-state index < -0.39 is 6.10 Å². The molecule has 0 bridgehead atoms. The Morgan fingerprint density at radius 1 is 1.29 bits per heavy atom. The van der Waals surface area contributed by atoms with E-state index >= 15 is 0 Å². The highest BCUT2D eigenvalue weighted by Gasteiger charge is 2.41. The summed E-state index contributed by atoms with van der Waals surface area (Å²) in [7, 11) is 0. The van der Waals surface area contributed by atoms with Gasteiger partial charge in [-0.1, -0.05) is 26.8 Å². The van der Waals surface area contributed by atoms with Crippen molar-refractivity contribution >= 4 is 0 Å². The minimum absolute atomic E-state index is 0.000514. The minimum atomic E-state index is -0.455. The second-order valence-corrected chi connectivity index (χ2v) is 7.25. The molecule has 0 unspecified atom stereocenters. The van der Waals surface area contributed by atoms with E-state index in [9.17, 15) is 4.39 Å². The van der Waals surface area contributed by atoms with Crippen LogP contribution in [-0.4, -0.2) is 22.9 Å². The quantitative estimate of drug-likeness (QED) is 0.836. The molecule has 24 heavy (non-hydrogen) atoms. The largest absolute Gasteiger partial charge is 0.481 e. The normalized spacial score (nSPS) is 22.5. The molecule has 5 nitrogen and oxygen atoms in total. The van der Waals surface area contributed by atoms with Crippen LogP contribution in [0.3, 0.4) is 0 Å². The van der Waals surface area contributed by atoms with Crippen LogP contribution in [-0.2, 0) is 4.74 Å². The molecule has 1 aromatic heterocycles. The van der Waals surface area contributed by atoms with Gasteiger partial charge < -0.3 is 13.9 Å². The lowest BCUT2D eigenvalue weighted by molar-refractivity contribution is 0.0167. The highest BCUT2D eigenvalue weighted by molar-refractivity contribution is 5.22. The van der Waals surface area contributed by atoms with Crippen LogP contribution in [0.1, 0.15) is 57.9 Å². The number of halogens is 1. The van der Waals surface area contributed by atoms with Crippen LogP contribution in [0.25, 0.3) is 0 Å². The lowest BCUT2D eigenvalue weighted by Crippen LogP contribution is -2.30. The van der Waals surface area contributed by atoms with E-state index in [1.54, 1.807) is 19.1 Å². The summed E-state index contributed by atoms with van der Waals surface area (Å²) in [6.07, 6.45) is 0.455. The average molecular weight is 334 g/mol. The number of benzene rings is 1. The molecule has 0 radical (unpaired) electrons. The van der Waals surface area contributed by atoms with Crippen LogP contribution in [0.5, 0.6) is 5.75 Å². The summed E-state index contributed by atoms with van der Waals surface area (Å²) in [5.41, 5.74) is -0.000514. The molecule has 2 aromatic rings. The highest BCUT2D eigenvalue weighted by atomic mass is 19.1. The predicted octanol–water partition coefficient (Wildman–Crippen LogP) is 4.27. The Labute approximate surface area is 141 Å². The van der Waals surface area contributed by atoms with Crippen molar-refractivity contribution in [3.05, 3.63) is 41.9 Å². The van der Waals surface area contributed by atoms with E-state index in [1.807, 2.05) is 0 Å². The number of hydrogen-bond acceptors (Lipinski definition) is 5. The zero-order valence-electron chi connectivity index (χ0n) is 14.5. The maximum atomic E-state index is 13.2. The molecule has 1 aromatic carbocycles. The SMILES string of the molecule is C[C@@H](Oc1cccc(F)c1)c1nnc([C@H]2CCO[C@@H]2C(C)(C)C)o1. The van der Waals surface area contributed by atoms with Crippen LogP contribution >= 0.6 is 0 Å². The van der Waals surface area contributed by atoms with Crippen molar-refractivity contribution in [1.29, 1.82) is 0 Å². The lowest BCUT2D eigenvalue weighted by Gasteiger charge is -2.29. The third-order valence-corrected chi connectivity index (χ3v) is 4.18. The van der Waals surface area contributed by atoms with Gasteiger partial charge in [0, 0.05) is 12.7 Å². The molecule has 1 saturated heterocycles. The molecular formula is C18H23FN2O3. The molecule has 0 spiro atoms. The second-order valence-electron chi connectivity index (χ2n) is 7.25. The molecule has 0 saturated carbocycles. The van der Waals surface area contributed by atoms with Gasteiger partial charge in [0.1, 0.15) is 11.6 Å². The summed E-state index contributed by atoms with van der Waals surface area (Å²) in [5, 5.41) is 8.30. The first kappa shape index (κ1) is 16.9. The number of hydrogen-bond donors (Lipinski definition) is 0. The summed E-state index contributed by atoms with van der Waals surface area (Å²) < 4.78 is 30.6. The Kier molecular flexibility index (Phi) is 4.58. The summed E-state index contributed by atoms with van der Waals surface area (Å²) in [4.78, 5) is 0. The number of ether oxygens (including phenoxy) is 2. The molecule has 2 heterocycles. The highest BCUT2D eigenvalue weighted by Crippen LogP contribution is 2.40. The van der Waals surface area contributed by atoms with Gasteiger partial charge in [0.05, 0.1) is 12.0 Å². The molecule has 0 amide bonds. The van der Waals surface area contributed by atoms with Crippen molar-refractivity contribution in [3.63, 3.8) is 0 Å². The van der Waals surface area contributed by atoms with E-state index in [0.717, 1.165) is 6.42 Å². The van der Waals surface area contributed by atoms with E-state index in [0.29, 0.717) is 24.1 Å². The van der Waals surface area contributed by atoms with E-state index in [2.05, 4.69) is 31.0 Å². The molecule has 6 heteroatoms. The van der Waals surface area contributed by atoms with Crippen molar-refractivity contribution in [2.75, 3.05) is 6.61 Å². The van der Waals surface area contributed by atoms with Crippen molar-refractivity contribution in [3.8, 4) is 5.75 Å². The topological polar surface area (TPSA) is 57.4 Å². The molecule has 1 aliphatic rings. The average Bonchev–Trinajstić information content (AvgIpc) is 3.15. The molecule has 130 valence electrons. The lowest BCUT2D eigenvalue weighted by atomic mass is 9.81. The summed E-state index contributed by atoms with van der Waals surface area (Å²) >= 11 is 0. The number of nitrogens with zero attached hydrogens (tertiary/aromatic N) is 2. The number of aromatic nitrogens is 2. The Balaban J connectivity index is 1.73. The Morgan fingerprint density at radius 3 is 2.79 bits per heavy atom. The maximum Gasteiger partial charge on any atom is 0.256 e. The van der Waals surface area contributed by atoms with E-state index in [4.69, 9.17) is 13.9 Å². The summed E-state index contributed by atoms with van der Waals surface area (Å²) in [6, 6.07) is 5.99. The number of rotatable bonds is 4. The third kappa shape index (κ3) is 3.59. The van der Waals surface area contributed by atoms with E-state index in [-0.39, 0.29) is 23.3 Å². The minimum Gasteiger partial charge on any atom is -0.481 e. The van der Waals surface area contributed by atoms with Gasteiger partial charge in [-0.2, -0.15) is 0 Å². The molecule has 3 atom stereocenters. The van der Waals surface area contributed by atoms with Gasteiger partial charge in [0.15, 0.2) is 6.10 Å². The molecule has 3 rings (SSSR count). The Morgan fingerprint density at radius 2 is 2.08 bits per heavy atom. The maximum absolute atomic E-state index is 13.2. The molecular weight excluding hydrogens is 311 g/mol. The molecule has 1 aliphatic heterocycles. The third-order valence-electron chi connectivity index (χ3n) is 4.18. The van der Waals surface area contributed by atoms with Gasteiger partial charge in [0.2, 0.25) is 5.89 Å². The smallest absolute Gasteiger partial charge is 0.256 e. The molecule has 1 fully saturated rings. The van der Waals surface area contributed by atoms with Gasteiger partial charge in [-0.25, -0.2) is 4.39 Å². The van der Waals surface area contributed by atoms with Crippen molar-refractivity contribution in [1.82, 2.24) is 10.2 Å². The van der Waals surface area contributed by atoms with Crippen LogP contribution in [0.2, 0.25) is 0 Å². The summed E-state index contributed by atoms with van der Waals surface area (Å²) in [6.45, 7) is 8.92. The van der Waals surface area contributed by atoms with Crippen LogP contribution in [0, 0.1) is 11.2 Å². The fraction of sp³-hybridized carbons (Fsp3) is 0.556. The zero-order chi connectivity index (χ0) is 17.3. The Bertz CT molecular complexity index is 696. The van der Waals surface area contributed by atoms with Crippen LogP contribution in [0.15, 0.2) is 28.7 Å². The van der Waals surface area contributed by atoms with Gasteiger partial charge in [-0.05, 0) is 30.9 Å². The fourth-order valence-corrected chi connectivity index (χ4v) is 3.05. The first-order valence-electron chi connectivity index (χ1n) is 8.21. The van der Waals surface area contributed by atoms with Gasteiger partial charge >= 0.3 is 0 Å². The molecule has 0 N–H and O–H groups in total. The first-order valence-corrected chi connectivity index (χ1v) is 8.21. The van der Waals surface area contributed by atoms with Crippen LogP contribution < -0.4 is 4.74 Å². The standard InChI is InChI=1S/C18H23FN2O3/c1-11(23-13-7-5-6-12(19)10-13)16-20-21-17(24-16)14-8-9-22-15(14)18(2,3)4/h5-7,10-11,14-15H,8-9H2,1-4H3/t11-,14+,15+/m1/s1. The Hall–Kier alpha value is -1.95. The van der Waals surface area contributed by atoms with Crippen molar-refractivity contribution in [2.24, 2.45) is 5.41 Å². The van der Waals surface area contributed by atoms with Gasteiger partial charge in [-0.15, -0.1) is 10.2 Å². The molecule has 0 aliphatic carbocycles. The van der Waals surface area contributed by atoms with Crippen molar-refractivity contribution in [2.45, 2.75) is 52.2 Å².